The third-order valence-corrected chi connectivity index (χ3v) is 3.87. The quantitative estimate of drug-likeness (QED) is 0.685. The predicted molar refractivity (Wildman–Crippen MR) is 94.8 cm³/mol. The summed E-state index contributed by atoms with van der Waals surface area (Å²) in [6, 6.07) is 5.36. The Morgan fingerprint density at radius 2 is 1.76 bits per heavy atom. The number of nitrogens with one attached hydrogen (secondary N) is 3. The highest BCUT2D eigenvalue weighted by atomic mass is 16.5. The maximum atomic E-state index is 12.1. The van der Waals surface area contributed by atoms with E-state index >= 15 is 0 Å². The summed E-state index contributed by atoms with van der Waals surface area (Å²) in [6.07, 6.45) is 0.854. The lowest BCUT2D eigenvalue weighted by atomic mass is 9.96. The topological polar surface area (TPSA) is 88.7 Å². The van der Waals surface area contributed by atoms with Crippen LogP contribution in [0, 0.1) is 5.92 Å². The maximum absolute atomic E-state index is 12.1. The number of hydrogen-bond donors (Lipinski definition) is 3. The van der Waals surface area contributed by atoms with E-state index < -0.39 is 0 Å². The molecule has 3 amide bonds. The molecule has 0 saturated heterocycles. The number of amides is 3. The SMILES string of the molecule is CC(=O)NCCNC(=O)N[C@@H](c1ccc2c(c1)OCCCO2)C(C)C. The van der Waals surface area contributed by atoms with Gasteiger partial charge in [-0.1, -0.05) is 19.9 Å². The molecule has 25 heavy (non-hydrogen) atoms. The van der Waals surface area contributed by atoms with Crippen molar-refractivity contribution in [2.75, 3.05) is 26.3 Å². The number of ether oxygens (including phenoxy) is 2. The van der Waals surface area contributed by atoms with Gasteiger partial charge in [-0.3, -0.25) is 4.79 Å². The molecule has 1 aliphatic heterocycles. The van der Waals surface area contributed by atoms with E-state index in [-0.39, 0.29) is 23.9 Å². The van der Waals surface area contributed by atoms with E-state index in [9.17, 15) is 9.59 Å². The van der Waals surface area contributed by atoms with Crippen LogP contribution in [0.3, 0.4) is 0 Å². The number of benzene rings is 1. The Hall–Kier alpha value is -2.44. The van der Waals surface area contributed by atoms with Gasteiger partial charge in [0.25, 0.3) is 0 Å². The van der Waals surface area contributed by atoms with Crippen LogP contribution in [-0.4, -0.2) is 38.2 Å². The molecule has 1 aromatic rings. The highest BCUT2D eigenvalue weighted by molar-refractivity contribution is 5.75. The van der Waals surface area contributed by atoms with Crippen molar-refractivity contribution in [1.82, 2.24) is 16.0 Å². The van der Waals surface area contributed by atoms with Gasteiger partial charge in [0.05, 0.1) is 19.3 Å². The zero-order valence-electron chi connectivity index (χ0n) is 15.1. The van der Waals surface area contributed by atoms with Gasteiger partial charge in [0.1, 0.15) is 0 Å². The summed E-state index contributed by atoms with van der Waals surface area (Å²) in [4.78, 5) is 22.9. The van der Waals surface area contributed by atoms with Gasteiger partial charge < -0.3 is 25.4 Å². The van der Waals surface area contributed by atoms with Gasteiger partial charge in [-0.2, -0.15) is 0 Å². The molecule has 0 spiro atoms. The van der Waals surface area contributed by atoms with Crippen LogP contribution in [0.15, 0.2) is 18.2 Å². The second-order valence-corrected chi connectivity index (χ2v) is 6.36. The third kappa shape index (κ3) is 5.85. The lowest BCUT2D eigenvalue weighted by molar-refractivity contribution is -0.118. The van der Waals surface area contributed by atoms with Crippen molar-refractivity contribution in [1.29, 1.82) is 0 Å². The van der Waals surface area contributed by atoms with Crippen LogP contribution in [0.5, 0.6) is 11.5 Å². The molecule has 1 aromatic carbocycles. The number of rotatable bonds is 6. The average Bonchev–Trinajstić information content (AvgIpc) is 2.80. The van der Waals surface area contributed by atoms with Crippen LogP contribution >= 0.6 is 0 Å². The van der Waals surface area contributed by atoms with Crippen molar-refractivity contribution in [3.63, 3.8) is 0 Å². The molecule has 1 aliphatic rings. The lowest BCUT2D eigenvalue weighted by Crippen LogP contribution is -2.42. The Balaban J connectivity index is 1.99. The normalized spacial score (nSPS) is 14.4. The van der Waals surface area contributed by atoms with E-state index in [0.29, 0.717) is 32.1 Å². The number of fused-ring (bicyclic) bond motifs is 1. The summed E-state index contributed by atoms with van der Waals surface area (Å²) in [6.45, 7) is 7.58. The first-order valence-corrected chi connectivity index (χ1v) is 8.65. The zero-order chi connectivity index (χ0) is 18.2. The summed E-state index contributed by atoms with van der Waals surface area (Å²) < 4.78 is 11.4. The average molecular weight is 349 g/mol. The number of hydrogen-bond acceptors (Lipinski definition) is 4. The van der Waals surface area contributed by atoms with Gasteiger partial charge in [0, 0.05) is 26.4 Å². The van der Waals surface area contributed by atoms with Crippen molar-refractivity contribution < 1.29 is 19.1 Å². The Kier molecular flexibility index (Phi) is 6.91. The molecule has 7 nitrogen and oxygen atoms in total. The van der Waals surface area contributed by atoms with Crippen LogP contribution in [0.25, 0.3) is 0 Å². The molecule has 138 valence electrons. The molecule has 0 radical (unpaired) electrons. The molecule has 3 N–H and O–H groups in total. The molecule has 0 aliphatic carbocycles. The number of carbonyl (C=O) groups excluding carboxylic acids is 2. The Bertz CT molecular complexity index is 604. The molecule has 0 unspecified atom stereocenters. The van der Waals surface area contributed by atoms with Gasteiger partial charge in [-0.25, -0.2) is 4.79 Å². The van der Waals surface area contributed by atoms with Crippen LogP contribution in [0.4, 0.5) is 4.79 Å². The summed E-state index contributed by atoms with van der Waals surface area (Å²) >= 11 is 0. The Morgan fingerprint density at radius 1 is 1.08 bits per heavy atom. The molecule has 0 saturated carbocycles. The first-order chi connectivity index (χ1) is 12.0. The van der Waals surface area contributed by atoms with Gasteiger partial charge >= 0.3 is 6.03 Å². The minimum absolute atomic E-state index is 0.116. The predicted octanol–water partition coefficient (Wildman–Crippen LogP) is 1.98. The fourth-order valence-electron chi connectivity index (χ4n) is 2.62. The minimum atomic E-state index is -0.267. The van der Waals surface area contributed by atoms with E-state index in [1.54, 1.807) is 0 Å². The summed E-state index contributed by atoms with van der Waals surface area (Å²) in [5, 5.41) is 8.37. The van der Waals surface area contributed by atoms with Gasteiger partial charge in [-0.05, 0) is 23.6 Å². The molecule has 1 heterocycles. The van der Waals surface area contributed by atoms with Crippen molar-refractivity contribution in [3.8, 4) is 11.5 Å². The molecule has 0 bridgehead atoms. The third-order valence-electron chi connectivity index (χ3n) is 3.87. The van der Waals surface area contributed by atoms with Crippen LogP contribution in [0.1, 0.15) is 38.8 Å². The van der Waals surface area contributed by atoms with Crippen LogP contribution < -0.4 is 25.4 Å². The van der Waals surface area contributed by atoms with Gasteiger partial charge in [-0.15, -0.1) is 0 Å². The standard InChI is InChI=1S/C18H27N3O4/c1-12(2)17(21-18(23)20-8-7-19-13(3)22)14-5-6-15-16(11-14)25-10-4-9-24-15/h5-6,11-12,17H,4,7-10H2,1-3H3,(H,19,22)(H2,20,21,23)/t17-/m1/s1. The first kappa shape index (κ1) is 18.9. The summed E-state index contributed by atoms with van der Waals surface area (Å²) in [5.74, 6) is 1.54. The monoisotopic (exact) mass is 349 g/mol. The van der Waals surface area contributed by atoms with Crippen molar-refractivity contribution in [3.05, 3.63) is 23.8 Å². The van der Waals surface area contributed by atoms with Crippen LogP contribution in [0.2, 0.25) is 0 Å². The van der Waals surface area contributed by atoms with E-state index in [2.05, 4.69) is 16.0 Å². The fourth-order valence-corrected chi connectivity index (χ4v) is 2.62. The Morgan fingerprint density at radius 3 is 2.44 bits per heavy atom. The van der Waals surface area contributed by atoms with E-state index in [1.807, 2.05) is 32.0 Å². The highest BCUT2D eigenvalue weighted by Gasteiger charge is 2.21. The maximum Gasteiger partial charge on any atom is 0.315 e. The molecule has 0 fully saturated rings. The smallest absolute Gasteiger partial charge is 0.315 e. The molecule has 1 atom stereocenters. The molecular weight excluding hydrogens is 322 g/mol. The van der Waals surface area contributed by atoms with Crippen molar-refractivity contribution >= 4 is 11.9 Å². The van der Waals surface area contributed by atoms with E-state index in [1.165, 1.54) is 6.92 Å². The molecular formula is C18H27N3O4. The lowest BCUT2D eigenvalue weighted by Gasteiger charge is -2.24. The van der Waals surface area contributed by atoms with Crippen molar-refractivity contribution in [2.45, 2.75) is 33.2 Å². The highest BCUT2D eigenvalue weighted by Crippen LogP contribution is 2.34. The molecule has 0 aromatic heterocycles. The van der Waals surface area contributed by atoms with Crippen LogP contribution in [-0.2, 0) is 4.79 Å². The zero-order valence-corrected chi connectivity index (χ0v) is 15.1. The minimum Gasteiger partial charge on any atom is -0.490 e. The molecule has 2 rings (SSSR count). The Labute approximate surface area is 148 Å². The van der Waals surface area contributed by atoms with E-state index in [4.69, 9.17) is 9.47 Å². The van der Waals surface area contributed by atoms with Gasteiger partial charge in [0.15, 0.2) is 11.5 Å². The molecule has 7 heteroatoms. The largest absolute Gasteiger partial charge is 0.490 e. The summed E-state index contributed by atoms with van der Waals surface area (Å²) in [7, 11) is 0. The first-order valence-electron chi connectivity index (χ1n) is 8.65. The van der Waals surface area contributed by atoms with Gasteiger partial charge in [0.2, 0.25) is 5.91 Å². The second-order valence-electron chi connectivity index (χ2n) is 6.36. The summed E-state index contributed by atoms with van der Waals surface area (Å²) in [5.41, 5.74) is 0.969. The number of carbonyl (C=O) groups is 2. The van der Waals surface area contributed by atoms with Crippen molar-refractivity contribution in [2.24, 2.45) is 5.92 Å². The number of urea groups is 1. The second kappa shape index (κ2) is 9.15. The van der Waals surface area contributed by atoms with E-state index in [0.717, 1.165) is 17.7 Å². The fraction of sp³-hybridized carbons (Fsp3) is 0.556.